The molecule has 1 aliphatic heterocycles. The lowest BCUT2D eigenvalue weighted by Gasteiger charge is -2.28. The standard InChI is InChI=1S/C14H24N4O2/c1-18-6-7-19-12(9-18)13-16-14(20-17-13)11-4-2-10(8-15)3-5-11/h10-12H,2-9,15H2,1H3. The van der Waals surface area contributed by atoms with Gasteiger partial charge in [0.15, 0.2) is 0 Å². The van der Waals surface area contributed by atoms with Gasteiger partial charge in [-0.2, -0.15) is 4.98 Å². The quantitative estimate of drug-likeness (QED) is 0.899. The van der Waals surface area contributed by atoms with Crippen molar-refractivity contribution in [2.75, 3.05) is 33.3 Å². The first-order valence-corrected chi connectivity index (χ1v) is 7.60. The number of rotatable bonds is 3. The smallest absolute Gasteiger partial charge is 0.229 e. The average Bonchev–Trinajstić information content (AvgIpc) is 2.97. The fourth-order valence-electron chi connectivity index (χ4n) is 3.12. The Morgan fingerprint density at radius 3 is 2.80 bits per heavy atom. The van der Waals surface area contributed by atoms with Crippen molar-refractivity contribution in [2.24, 2.45) is 11.7 Å². The van der Waals surface area contributed by atoms with Gasteiger partial charge < -0.3 is 19.9 Å². The monoisotopic (exact) mass is 280 g/mol. The van der Waals surface area contributed by atoms with Crippen LogP contribution in [0.15, 0.2) is 4.52 Å². The van der Waals surface area contributed by atoms with E-state index in [-0.39, 0.29) is 6.10 Å². The van der Waals surface area contributed by atoms with Crippen LogP contribution in [0.4, 0.5) is 0 Å². The van der Waals surface area contributed by atoms with E-state index in [1.54, 1.807) is 0 Å². The molecule has 1 aliphatic carbocycles. The number of hydrogen-bond acceptors (Lipinski definition) is 6. The summed E-state index contributed by atoms with van der Waals surface area (Å²) in [6.07, 6.45) is 4.50. The maximum Gasteiger partial charge on any atom is 0.229 e. The van der Waals surface area contributed by atoms with Crippen molar-refractivity contribution in [3.05, 3.63) is 11.7 Å². The second-order valence-corrected chi connectivity index (χ2v) is 6.07. The average molecular weight is 280 g/mol. The number of ether oxygens (including phenoxy) is 1. The molecule has 0 spiro atoms. The Hall–Kier alpha value is -0.980. The van der Waals surface area contributed by atoms with Gasteiger partial charge in [0.25, 0.3) is 0 Å². The first-order chi connectivity index (χ1) is 9.76. The van der Waals surface area contributed by atoms with E-state index in [1.165, 1.54) is 12.8 Å². The van der Waals surface area contributed by atoms with Crippen molar-refractivity contribution in [2.45, 2.75) is 37.7 Å². The molecule has 1 saturated carbocycles. The summed E-state index contributed by atoms with van der Waals surface area (Å²) in [5.41, 5.74) is 5.73. The highest BCUT2D eigenvalue weighted by molar-refractivity contribution is 4.99. The minimum Gasteiger partial charge on any atom is -0.367 e. The molecule has 20 heavy (non-hydrogen) atoms. The molecular formula is C14H24N4O2. The van der Waals surface area contributed by atoms with Crippen LogP contribution in [0.25, 0.3) is 0 Å². The maximum absolute atomic E-state index is 5.73. The van der Waals surface area contributed by atoms with Gasteiger partial charge in [-0.25, -0.2) is 0 Å². The predicted octanol–water partition coefficient (Wildman–Crippen LogP) is 1.31. The second-order valence-electron chi connectivity index (χ2n) is 6.07. The Labute approximate surface area is 119 Å². The zero-order valence-corrected chi connectivity index (χ0v) is 12.1. The molecule has 0 aromatic carbocycles. The molecule has 2 aliphatic rings. The highest BCUT2D eigenvalue weighted by atomic mass is 16.5. The highest BCUT2D eigenvalue weighted by Crippen LogP contribution is 2.35. The minimum absolute atomic E-state index is 0.0494. The molecule has 0 amide bonds. The molecule has 2 N–H and O–H groups in total. The Morgan fingerprint density at radius 1 is 1.30 bits per heavy atom. The Morgan fingerprint density at radius 2 is 2.10 bits per heavy atom. The third-order valence-corrected chi connectivity index (χ3v) is 4.54. The zero-order valence-electron chi connectivity index (χ0n) is 12.1. The second kappa shape index (κ2) is 6.20. The van der Waals surface area contributed by atoms with Gasteiger partial charge in [-0.1, -0.05) is 5.16 Å². The Bertz CT molecular complexity index is 429. The predicted molar refractivity (Wildman–Crippen MR) is 74.2 cm³/mol. The molecule has 2 heterocycles. The molecule has 0 radical (unpaired) electrons. The summed E-state index contributed by atoms with van der Waals surface area (Å²) in [5.74, 6) is 2.56. The van der Waals surface area contributed by atoms with E-state index in [0.29, 0.717) is 17.7 Å². The third kappa shape index (κ3) is 3.02. The molecule has 1 aromatic heterocycles. The summed E-state index contributed by atoms with van der Waals surface area (Å²) >= 11 is 0. The van der Waals surface area contributed by atoms with E-state index in [1.807, 2.05) is 0 Å². The fraction of sp³-hybridized carbons (Fsp3) is 0.857. The number of aromatic nitrogens is 2. The maximum atomic E-state index is 5.73. The molecular weight excluding hydrogens is 256 g/mol. The summed E-state index contributed by atoms with van der Waals surface area (Å²) in [6, 6.07) is 0. The van der Waals surface area contributed by atoms with E-state index in [2.05, 4.69) is 22.1 Å². The molecule has 2 fully saturated rings. The van der Waals surface area contributed by atoms with Gasteiger partial charge in [-0.05, 0) is 45.2 Å². The van der Waals surface area contributed by atoms with Crippen molar-refractivity contribution in [1.29, 1.82) is 0 Å². The largest absolute Gasteiger partial charge is 0.367 e. The topological polar surface area (TPSA) is 77.4 Å². The van der Waals surface area contributed by atoms with Crippen molar-refractivity contribution >= 4 is 0 Å². The van der Waals surface area contributed by atoms with Crippen LogP contribution < -0.4 is 5.73 Å². The van der Waals surface area contributed by atoms with Crippen LogP contribution in [-0.4, -0.2) is 48.3 Å². The molecule has 3 rings (SSSR count). The van der Waals surface area contributed by atoms with Crippen molar-refractivity contribution in [1.82, 2.24) is 15.0 Å². The van der Waals surface area contributed by atoms with Crippen LogP contribution in [0, 0.1) is 5.92 Å². The van der Waals surface area contributed by atoms with Crippen LogP contribution in [0.2, 0.25) is 0 Å². The van der Waals surface area contributed by atoms with E-state index in [0.717, 1.165) is 45.0 Å². The molecule has 6 heteroatoms. The lowest BCUT2D eigenvalue weighted by Crippen LogP contribution is -2.35. The summed E-state index contributed by atoms with van der Waals surface area (Å²) in [5, 5.41) is 4.13. The van der Waals surface area contributed by atoms with Crippen molar-refractivity contribution in [3.63, 3.8) is 0 Å². The summed E-state index contributed by atoms with van der Waals surface area (Å²) in [6.45, 7) is 3.32. The zero-order chi connectivity index (χ0) is 13.9. The summed E-state index contributed by atoms with van der Waals surface area (Å²) in [4.78, 5) is 6.82. The SMILES string of the molecule is CN1CCOC(c2noc(C3CCC(CN)CC3)n2)C1. The molecule has 1 saturated heterocycles. The normalized spacial score (nSPS) is 32.4. The van der Waals surface area contributed by atoms with Crippen LogP contribution in [0.5, 0.6) is 0 Å². The van der Waals surface area contributed by atoms with Crippen LogP contribution in [-0.2, 0) is 4.74 Å². The number of hydrogen-bond donors (Lipinski definition) is 1. The van der Waals surface area contributed by atoms with Crippen molar-refractivity contribution < 1.29 is 9.26 Å². The molecule has 0 bridgehead atoms. The Kier molecular flexibility index (Phi) is 4.33. The lowest BCUT2D eigenvalue weighted by atomic mass is 9.82. The van der Waals surface area contributed by atoms with Crippen LogP contribution in [0.3, 0.4) is 0 Å². The van der Waals surface area contributed by atoms with E-state index in [9.17, 15) is 0 Å². The van der Waals surface area contributed by atoms with Crippen molar-refractivity contribution in [3.8, 4) is 0 Å². The van der Waals surface area contributed by atoms with Gasteiger partial charge in [0, 0.05) is 19.0 Å². The molecule has 112 valence electrons. The van der Waals surface area contributed by atoms with E-state index < -0.39 is 0 Å². The number of morpholine rings is 1. The first-order valence-electron chi connectivity index (χ1n) is 7.60. The number of nitrogens with zero attached hydrogens (tertiary/aromatic N) is 3. The van der Waals surface area contributed by atoms with Crippen LogP contribution >= 0.6 is 0 Å². The van der Waals surface area contributed by atoms with Gasteiger partial charge in [0.1, 0.15) is 6.10 Å². The lowest BCUT2D eigenvalue weighted by molar-refractivity contribution is -0.0264. The van der Waals surface area contributed by atoms with Crippen LogP contribution in [0.1, 0.15) is 49.4 Å². The number of nitrogens with two attached hydrogens (primary N) is 1. The molecule has 6 nitrogen and oxygen atoms in total. The third-order valence-electron chi connectivity index (χ3n) is 4.54. The Balaban J connectivity index is 1.62. The minimum atomic E-state index is -0.0494. The fourth-order valence-corrected chi connectivity index (χ4v) is 3.12. The number of likely N-dealkylation sites (N-methyl/N-ethyl adjacent to an activating group) is 1. The van der Waals surface area contributed by atoms with E-state index in [4.69, 9.17) is 15.0 Å². The summed E-state index contributed by atoms with van der Waals surface area (Å²) < 4.78 is 11.2. The van der Waals surface area contributed by atoms with Gasteiger partial charge in [-0.15, -0.1) is 0 Å². The first kappa shape index (κ1) is 14.0. The van der Waals surface area contributed by atoms with E-state index >= 15 is 0 Å². The molecule has 1 unspecified atom stereocenters. The highest BCUT2D eigenvalue weighted by Gasteiger charge is 2.29. The van der Waals surface area contributed by atoms with Gasteiger partial charge in [0.2, 0.25) is 11.7 Å². The van der Waals surface area contributed by atoms with Gasteiger partial charge in [0.05, 0.1) is 6.61 Å². The van der Waals surface area contributed by atoms with Gasteiger partial charge in [-0.3, -0.25) is 0 Å². The van der Waals surface area contributed by atoms with Gasteiger partial charge >= 0.3 is 0 Å². The molecule has 1 aromatic rings. The molecule has 1 atom stereocenters. The summed E-state index contributed by atoms with van der Waals surface area (Å²) in [7, 11) is 2.09.